The second-order valence-corrected chi connectivity index (χ2v) is 14.1. The molecular formula is C30H50N4O9. The number of ether oxygens (including phenoxy) is 2. The van der Waals surface area contributed by atoms with Crippen LogP contribution in [0.25, 0.3) is 0 Å². The van der Waals surface area contributed by atoms with E-state index in [1.807, 2.05) is 34.6 Å². The van der Waals surface area contributed by atoms with E-state index in [4.69, 9.17) is 14.6 Å². The average Bonchev–Trinajstić information content (AvgIpc) is 3.30. The van der Waals surface area contributed by atoms with E-state index >= 15 is 0 Å². The van der Waals surface area contributed by atoms with Crippen molar-refractivity contribution in [2.45, 2.75) is 123 Å². The van der Waals surface area contributed by atoms with Crippen LogP contribution in [0.15, 0.2) is 0 Å². The minimum absolute atomic E-state index is 0.0730. The molecule has 13 nitrogen and oxygen atoms in total. The number of carboxylic acids is 1. The second-order valence-electron chi connectivity index (χ2n) is 14.1. The van der Waals surface area contributed by atoms with Crippen LogP contribution in [0.2, 0.25) is 0 Å². The van der Waals surface area contributed by atoms with Gasteiger partial charge in [-0.25, -0.2) is 4.79 Å². The lowest BCUT2D eigenvalue weighted by molar-refractivity contribution is -0.147. The molecule has 0 aromatic rings. The molecular weight excluding hydrogens is 560 g/mol. The zero-order chi connectivity index (χ0) is 32.8. The molecule has 0 aromatic carbocycles. The van der Waals surface area contributed by atoms with Gasteiger partial charge in [0.1, 0.15) is 24.2 Å². The molecule has 1 saturated heterocycles. The predicted molar refractivity (Wildman–Crippen MR) is 157 cm³/mol. The molecule has 13 heteroatoms. The number of nitrogens with one attached hydrogen (secondary N) is 3. The molecule has 43 heavy (non-hydrogen) atoms. The minimum atomic E-state index is -1.53. The van der Waals surface area contributed by atoms with E-state index < -0.39 is 76.9 Å². The van der Waals surface area contributed by atoms with E-state index in [-0.39, 0.29) is 38.3 Å². The molecule has 2 rings (SSSR count). The first kappa shape index (κ1) is 36.0. The molecule has 4 amide bonds. The Morgan fingerprint density at radius 2 is 1.58 bits per heavy atom. The van der Waals surface area contributed by atoms with Gasteiger partial charge in [-0.05, 0) is 44.9 Å². The first-order chi connectivity index (χ1) is 19.8. The number of likely N-dealkylation sites (tertiary alicyclic amines) is 1. The zero-order valence-electron chi connectivity index (χ0n) is 26.8. The van der Waals surface area contributed by atoms with Crippen LogP contribution in [0.1, 0.15) is 93.9 Å². The number of hydrogen-bond donors (Lipinski definition) is 4. The van der Waals surface area contributed by atoms with Crippen LogP contribution in [-0.2, 0) is 33.4 Å². The van der Waals surface area contributed by atoms with Crippen molar-refractivity contribution in [3.8, 4) is 0 Å². The second kappa shape index (κ2) is 14.5. The van der Waals surface area contributed by atoms with Crippen molar-refractivity contribution in [2.24, 2.45) is 11.3 Å². The molecule has 1 heterocycles. The highest BCUT2D eigenvalue weighted by Crippen LogP contribution is 2.32. The standard InChI is InChI=1S/C30H50N4O9/c1-18(2)17-42-27(41)32-22(28(3,4)5)26(40)34-16-19(43-29(6,7)8)14-20(34)24(38)33-30(12-10-9-11-13-30)23(37)25(39)31-15-21(35)36/h18-20,22H,9-17H2,1-8H3,(H,31,39)(H,32,41)(H,33,38)(H,35,36)/t19-,20+,22-/m1/s1. The summed E-state index contributed by atoms with van der Waals surface area (Å²) in [7, 11) is 0. The van der Waals surface area contributed by atoms with Crippen LogP contribution in [-0.4, -0.2) is 94.6 Å². The molecule has 1 aliphatic carbocycles. The third-order valence-electron chi connectivity index (χ3n) is 7.40. The SMILES string of the molecule is CC(C)COC(=O)N[C@H](C(=O)N1C[C@H](OC(C)(C)C)C[C@H]1C(=O)NC1(C(=O)C(=O)NCC(=O)O)CCCCC1)C(C)(C)C. The monoisotopic (exact) mass is 610 g/mol. The van der Waals surface area contributed by atoms with Gasteiger partial charge < -0.3 is 35.4 Å². The van der Waals surface area contributed by atoms with Gasteiger partial charge in [-0.15, -0.1) is 0 Å². The summed E-state index contributed by atoms with van der Waals surface area (Å²) in [5.74, 6) is -4.33. The third kappa shape index (κ3) is 10.5. The van der Waals surface area contributed by atoms with Gasteiger partial charge in [0.25, 0.3) is 5.91 Å². The normalized spacial score (nSPS) is 21.1. The van der Waals surface area contributed by atoms with Crippen molar-refractivity contribution in [1.29, 1.82) is 0 Å². The van der Waals surface area contributed by atoms with Crippen molar-refractivity contribution < 1.29 is 43.3 Å². The van der Waals surface area contributed by atoms with Gasteiger partial charge in [0.15, 0.2) is 0 Å². The van der Waals surface area contributed by atoms with E-state index in [1.165, 1.54) is 4.90 Å². The minimum Gasteiger partial charge on any atom is -0.480 e. The lowest BCUT2D eigenvalue weighted by Gasteiger charge is -2.39. The molecule has 4 N–H and O–H groups in total. The van der Waals surface area contributed by atoms with Crippen LogP contribution in [0, 0.1) is 11.3 Å². The number of carbonyl (C=O) groups is 6. The van der Waals surface area contributed by atoms with Gasteiger partial charge in [0.05, 0.1) is 18.3 Å². The fraction of sp³-hybridized carbons (Fsp3) is 0.800. The highest BCUT2D eigenvalue weighted by atomic mass is 16.5. The molecule has 2 fully saturated rings. The highest BCUT2D eigenvalue weighted by Gasteiger charge is 2.50. The van der Waals surface area contributed by atoms with Crippen molar-refractivity contribution >= 4 is 35.6 Å². The summed E-state index contributed by atoms with van der Waals surface area (Å²) in [5.41, 5.74) is -2.85. The number of Topliss-reactive ketones (excluding diaryl/α,β-unsaturated/α-hetero) is 1. The van der Waals surface area contributed by atoms with E-state index in [9.17, 15) is 28.8 Å². The van der Waals surface area contributed by atoms with Gasteiger partial charge in [-0.2, -0.15) is 0 Å². The molecule has 0 aromatic heterocycles. The largest absolute Gasteiger partial charge is 0.480 e. The van der Waals surface area contributed by atoms with E-state index in [2.05, 4.69) is 16.0 Å². The summed E-state index contributed by atoms with van der Waals surface area (Å²) in [6.45, 7) is 14.3. The van der Waals surface area contributed by atoms with Crippen molar-refractivity contribution in [3.63, 3.8) is 0 Å². The first-order valence-corrected chi connectivity index (χ1v) is 15.0. The van der Waals surface area contributed by atoms with E-state index in [0.29, 0.717) is 12.8 Å². The summed E-state index contributed by atoms with van der Waals surface area (Å²) in [5, 5.41) is 16.5. The average molecular weight is 611 g/mol. The maximum absolute atomic E-state index is 14.1. The van der Waals surface area contributed by atoms with Gasteiger partial charge in [-0.3, -0.25) is 24.0 Å². The summed E-state index contributed by atoms with van der Waals surface area (Å²) in [4.78, 5) is 78.9. The Balaban J connectivity index is 2.39. The summed E-state index contributed by atoms with van der Waals surface area (Å²) in [6.07, 6.45) is 1.25. The maximum atomic E-state index is 14.1. The van der Waals surface area contributed by atoms with Gasteiger partial charge in [0.2, 0.25) is 17.6 Å². The fourth-order valence-electron chi connectivity index (χ4n) is 5.43. The van der Waals surface area contributed by atoms with Crippen LogP contribution in [0.5, 0.6) is 0 Å². The summed E-state index contributed by atoms with van der Waals surface area (Å²) in [6, 6.07) is -2.09. The van der Waals surface area contributed by atoms with E-state index in [1.54, 1.807) is 20.8 Å². The zero-order valence-corrected chi connectivity index (χ0v) is 26.8. The number of aliphatic carboxylic acids is 1. The molecule has 3 atom stereocenters. The molecule has 1 aliphatic heterocycles. The smallest absolute Gasteiger partial charge is 0.407 e. The number of alkyl carbamates (subject to hydrolysis) is 1. The van der Waals surface area contributed by atoms with Crippen molar-refractivity contribution in [2.75, 3.05) is 19.7 Å². The molecule has 244 valence electrons. The lowest BCUT2D eigenvalue weighted by atomic mass is 9.77. The van der Waals surface area contributed by atoms with Crippen LogP contribution in [0.3, 0.4) is 0 Å². The Kier molecular flexibility index (Phi) is 12.1. The van der Waals surface area contributed by atoms with Crippen molar-refractivity contribution in [1.82, 2.24) is 20.9 Å². The summed E-state index contributed by atoms with van der Waals surface area (Å²) < 4.78 is 11.4. The van der Waals surface area contributed by atoms with Crippen molar-refractivity contribution in [3.05, 3.63) is 0 Å². The number of carboxylic acid groups (broad SMARTS) is 1. The molecule has 1 saturated carbocycles. The molecule has 0 radical (unpaired) electrons. The Bertz CT molecular complexity index is 1050. The Hall–Kier alpha value is -3.22. The number of rotatable bonds is 11. The Morgan fingerprint density at radius 1 is 0.977 bits per heavy atom. The number of hydrogen-bond acceptors (Lipinski definition) is 8. The van der Waals surface area contributed by atoms with Gasteiger partial charge in [0, 0.05) is 13.0 Å². The maximum Gasteiger partial charge on any atom is 0.407 e. The van der Waals surface area contributed by atoms with Crippen LogP contribution in [0.4, 0.5) is 4.79 Å². The summed E-state index contributed by atoms with van der Waals surface area (Å²) >= 11 is 0. The quantitative estimate of drug-likeness (QED) is 0.255. The number of nitrogens with zero attached hydrogens (tertiary/aromatic N) is 1. The number of carbonyl (C=O) groups excluding carboxylic acids is 5. The molecule has 2 aliphatic rings. The Morgan fingerprint density at radius 3 is 2.09 bits per heavy atom. The van der Waals surface area contributed by atoms with Gasteiger partial charge in [-0.1, -0.05) is 53.9 Å². The number of amides is 4. The highest BCUT2D eigenvalue weighted by molar-refractivity contribution is 6.40. The Labute approximate surface area is 254 Å². The molecule has 0 bridgehead atoms. The number of ketones is 1. The third-order valence-corrected chi connectivity index (χ3v) is 7.40. The fourth-order valence-corrected chi connectivity index (χ4v) is 5.43. The van der Waals surface area contributed by atoms with Crippen LogP contribution < -0.4 is 16.0 Å². The van der Waals surface area contributed by atoms with Crippen LogP contribution >= 0.6 is 0 Å². The van der Waals surface area contributed by atoms with Gasteiger partial charge >= 0.3 is 12.1 Å². The molecule has 0 spiro atoms. The lowest BCUT2D eigenvalue weighted by Crippen LogP contribution is -2.63. The predicted octanol–water partition coefficient (Wildman–Crippen LogP) is 2.16. The first-order valence-electron chi connectivity index (χ1n) is 15.0. The topological polar surface area (TPSA) is 180 Å². The van der Waals surface area contributed by atoms with E-state index in [0.717, 1.165) is 6.42 Å². The molecule has 0 unspecified atom stereocenters.